The first-order chi connectivity index (χ1) is 27.6. The molecule has 0 fully saturated rings. The lowest BCUT2D eigenvalue weighted by Gasteiger charge is -2.43. The minimum absolute atomic E-state index is 0.0583. The number of rotatable bonds is 34. The van der Waals surface area contributed by atoms with Crippen LogP contribution in [0.2, 0.25) is 5.04 Å². The van der Waals surface area contributed by atoms with Gasteiger partial charge in [-0.3, -0.25) is 0 Å². The molecule has 0 aliphatic rings. The van der Waals surface area contributed by atoms with E-state index in [1.807, 2.05) is 36.4 Å². The molecule has 0 heterocycles. The molecule has 0 saturated carbocycles. The molecule has 6 heteroatoms. The van der Waals surface area contributed by atoms with Crippen LogP contribution < -0.4 is 21.0 Å². The minimum Gasteiger partial charge on any atom is -0.424 e. The summed E-state index contributed by atoms with van der Waals surface area (Å²) in [5.74, 6) is 0.225. The summed E-state index contributed by atoms with van der Waals surface area (Å²) < 4.78 is 0. The van der Waals surface area contributed by atoms with E-state index >= 15 is 0 Å². The van der Waals surface area contributed by atoms with Crippen LogP contribution in [0.3, 0.4) is 0 Å². The second-order valence-electron chi connectivity index (χ2n) is 18.2. The molecule has 4 N–H and O–H groups in total. The first kappa shape index (κ1) is 50.7. The average molecular weight is 805 g/mol. The van der Waals surface area contributed by atoms with Crippen LogP contribution >= 0.6 is 0 Å². The lowest BCUT2D eigenvalue weighted by atomic mass is 9.88. The summed E-state index contributed by atoms with van der Waals surface area (Å²) in [5.41, 5.74) is 0. The maximum atomic E-state index is 13.5. The second kappa shape index (κ2) is 30.6. The summed E-state index contributed by atoms with van der Waals surface area (Å²) in [7, 11) is -3.30. The average Bonchev–Trinajstić information content (AvgIpc) is 3.21. The Kier molecular flexibility index (Phi) is 27.2. The van der Waals surface area contributed by atoms with Crippen molar-refractivity contribution in [2.45, 2.75) is 213 Å². The first-order valence-corrected chi connectivity index (χ1v) is 25.7. The Balaban J connectivity index is 2.06. The molecular weight excluding hydrogens is 717 g/mol. The van der Waals surface area contributed by atoms with Gasteiger partial charge in [0.05, 0.1) is 12.6 Å². The highest BCUT2D eigenvalue weighted by atomic mass is 28.4. The van der Waals surface area contributed by atoms with Gasteiger partial charge in [0.25, 0.3) is 8.32 Å². The summed E-state index contributed by atoms with van der Waals surface area (Å²) in [6.07, 6.45) is 35.0. The summed E-state index contributed by atoms with van der Waals surface area (Å²) in [5, 5.41) is 18.7. The SMILES string of the molecule is CCCCCCCCCCCCCCC(C)NC(=O)N[C@@H](CO)[C@@H](/C=C/C(C)CCCCCCCCCCC)CC(C)(C)[Si](O)(c1ccccc1)c1ccccc1. The molecule has 0 aliphatic heterocycles. The number of urea groups is 1. The number of aliphatic hydroxyl groups is 1. The van der Waals surface area contributed by atoms with Crippen molar-refractivity contribution in [3.05, 3.63) is 72.8 Å². The van der Waals surface area contributed by atoms with E-state index in [2.05, 4.69) is 88.6 Å². The summed E-state index contributed by atoms with van der Waals surface area (Å²) in [6, 6.07) is 19.6. The van der Waals surface area contributed by atoms with Crippen molar-refractivity contribution >= 4 is 24.7 Å². The lowest BCUT2D eigenvalue weighted by Crippen LogP contribution is -2.66. The van der Waals surface area contributed by atoms with Gasteiger partial charge in [0.2, 0.25) is 0 Å². The smallest absolute Gasteiger partial charge is 0.315 e. The fourth-order valence-electron chi connectivity index (χ4n) is 8.68. The number of hydrogen-bond acceptors (Lipinski definition) is 3. The lowest BCUT2D eigenvalue weighted by molar-refractivity contribution is 0.191. The molecule has 324 valence electrons. The molecule has 0 spiro atoms. The van der Waals surface area contributed by atoms with Crippen molar-refractivity contribution in [1.82, 2.24) is 10.6 Å². The molecule has 0 radical (unpaired) electrons. The van der Waals surface area contributed by atoms with Gasteiger partial charge in [0, 0.05) is 6.04 Å². The van der Waals surface area contributed by atoms with Crippen LogP contribution in [0.25, 0.3) is 0 Å². The van der Waals surface area contributed by atoms with E-state index in [9.17, 15) is 14.7 Å². The van der Waals surface area contributed by atoms with Gasteiger partial charge < -0.3 is 20.5 Å². The largest absolute Gasteiger partial charge is 0.424 e. The molecule has 2 rings (SSSR count). The number of hydrogen-bond donors (Lipinski definition) is 4. The second-order valence-corrected chi connectivity index (χ2v) is 22.1. The van der Waals surface area contributed by atoms with Crippen molar-refractivity contribution in [3.8, 4) is 0 Å². The van der Waals surface area contributed by atoms with E-state index in [4.69, 9.17) is 0 Å². The van der Waals surface area contributed by atoms with Gasteiger partial charge in [-0.2, -0.15) is 0 Å². The van der Waals surface area contributed by atoms with Crippen LogP contribution in [0.1, 0.15) is 196 Å². The fourth-order valence-corrected chi connectivity index (χ4v) is 12.5. The van der Waals surface area contributed by atoms with Gasteiger partial charge in [-0.25, -0.2) is 4.79 Å². The van der Waals surface area contributed by atoms with Gasteiger partial charge >= 0.3 is 6.03 Å². The van der Waals surface area contributed by atoms with E-state index in [1.165, 1.54) is 128 Å². The maximum Gasteiger partial charge on any atom is 0.315 e. The number of nitrogens with one attached hydrogen (secondary N) is 2. The maximum absolute atomic E-state index is 13.5. The van der Waals surface area contributed by atoms with Gasteiger partial charge in [-0.05, 0) is 53.4 Å². The third-order valence-electron chi connectivity index (χ3n) is 12.5. The zero-order valence-corrected chi connectivity index (χ0v) is 38.7. The van der Waals surface area contributed by atoms with Crippen LogP contribution in [0.15, 0.2) is 72.8 Å². The number of amides is 2. The number of carbonyl (C=O) groups excluding carboxylic acids is 1. The first-order valence-electron chi connectivity index (χ1n) is 23.8. The summed E-state index contributed by atoms with van der Waals surface area (Å²) in [6.45, 7) is 13.1. The zero-order valence-electron chi connectivity index (χ0n) is 37.7. The van der Waals surface area contributed by atoms with Crippen molar-refractivity contribution < 1.29 is 14.7 Å². The van der Waals surface area contributed by atoms with E-state index in [0.29, 0.717) is 12.3 Å². The molecule has 0 bridgehead atoms. The van der Waals surface area contributed by atoms with E-state index in [0.717, 1.165) is 29.6 Å². The number of unbranched alkanes of at least 4 members (excludes halogenated alkanes) is 19. The summed E-state index contributed by atoms with van der Waals surface area (Å²) in [4.78, 5) is 26.5. The Morgan fingerprint density at radius 1 is 0.614 bits per heavy atom. The van der Waals surface area contributed by atoms with Crippen LogP contribution in [0, 0.1) is 11.8 Å². The molecule has 5 nitrogen and oxygen atoms in total. The molecule has 57 heavy (non-hydrogen) atoms. The van der Waals surface area contributed by atoms with E-state index in [-0.39, 0.29) is 24.6 Å². The Labute approximate surface area is 352 Å². The third-order valence-corrected chi connectivity index (χ3v) is 17.0. The molecule has 4 atom stereocenters. The Morgan fingerprint density at radius 2 is 1.02 bits per heavy atom. The van der Waals surface area contributed by atoms with Gasteiger partial charge in [0.1, 0.15) is 0 Å². The predicted octanol–water partition coefficient (Wildman–Crippen LogP) is 12.8. The molecule has 2 unspecified atom stereocenters. The fraction of sp³-hybridized carbons (Fsp3) is 0.706. The quantitative estimate of drug-likeness (QED) is 0.0323. The molecule has 0 aromatic heterocycles. The van der Waals surface area contributed by atoms with Crippen molar-refractivity contribution in [2.75, 3.05) is 6.61 Å². The van der Waals surface area contributed by atoms with Crippen LogP contribution in [0.5, 0.6) is 0 Å². The summed E-state index contributed by atoms with van der Waals surface area (Å²) >= 11 is 0. The minimum atomic E-state index is -3.30. The Bertz CT molecular complexity index is 1250. The topological polar surface area (TPSA) is 81.6 Å². The third kappa shape index (κ3) is 20.4. The molecule has 2 aromatic carbocycles. The predicted molar refractivity (Wildman–Crippen MR) is 250 cm³/mol. The van der Waals surface area contributed by atoms with E-state index in [1.54, 1.807) is 0 Å². The monoisotopic (exact) mass is 805 g/mol. The van der Waals surface area contributed by atoms with Gasteiger partial charge in [-0.15, -0.1) is 0 Å². The number of aliphatic hydroxyl groups excluding tert-OH is 1. The van der Waals surface area contributed by atoms with Crippen LogP contribution in [-0.2, 0) is 0 Å². The highest BCUT2D eigenvalue weighted by Crippen LogP contribution is 2.42. The van der Waals surface area contributed by atoms with Gasteiger partial charge in [0.15, 0.2) is 0 Å². The molecule has 0 aliphatic carbocycles. The number of benzene rings is 2. The molecular formula is C51H88N2O3Si. The Hall–Kier alpha value is -2.41. The van der Waals surface area contributed by atoms with E-state index < -0.39 is 19.4 Å². The van der Waals surface area contributed by atoms with Crippen molar-refractivity contribution in [3.63, 3.8) is 0 Å². The number of carbonyl (C=O) groups is 1. The van der Waals surface area contributed by atoms with Gasteiger partial charge in [-0.1, -0.05) is 242 Å². The van der Waals surface area contributed by atoms with Crippen molar-refractivity contribution in [2.24, 2.45) is 11.8 Å². The highest BCUT2D eigenvalue weighted by molar-refractivity contribution is 6.98. The standard InChI is InChI=1S/C51H88N2O3Si/c1-7-9-11-13-15-17-18-19-21-23-25-29-35-45(4)52-50(55)53-49(43-54)46(41-40-44(3)34-28-24-22-20-16-14-12-10-8-2)42-51(5,6)57(56,47-36-30-26-31-37-47)48-38-32-27-33-39-48/h26-27,30-33,36-41,44-46,49,54,56H,7-25,28-29,34-35,42-43H2,1-6H3,(H2,52,53,55)/b41-40+/t44?,45?,46-,49-/m0/s1. The molecule has 2 aromatic rings. The Morgan fingerprint density at radius 3 is 1.44 bits per heavy atom. The molecule has 2 amide bonds. The van der Waals surface area contributed by atoms with Crippen molar-refractivity contribution in [1.29, 1.82) is 0 Å². The number of allylic oxidation sites excluding steroid dienone is 1. The highest BCUT2D eigenvalue weighted by Gasteiger charge is 2.51. The zero-order chi connectivity index (χ0) is 41.6. The normalized spacial score (nSPS) is 14.4. The van der Waals surface area contributed by atoms with Crippen LogP contribution in [-0.4, -0.2) is 42.9 Å². The van der Waals surface area contributed by atoms with Crippen LogP contribution in [0.4, 0.5) is 4.79 Å². The molecule has 0 saturated heterocycles.